The summed E-state index contributed by atoms with van der Waals surface area (Å²) in [5, 5.41) is 0.729. The van der Waals surface area contributed by atoms with Gasteiger partial charge in [-0.05, 0) is 129 Å². The minimum atomic E-state index is -0.400. The highest BCUT2D eigenvalue weighted by Gasteiger charge is 2.53. The summed E-state index contributed by atoms with van der Waals surface area (Å²) in [5.74, 6) is 0. The van der Waals surface area contributed by atoms with Gasteiger partial charge in [0.25, 0.3) is 0 Å². The lowest BCUT2D eigenvalue weighted by Gasteiger charge is -2.30. The van der Waals surface area contributed by atoms with Gasteiger partial charge >= 0.3 is 0 Å². The second-order valence-electron chi connectivity index (χ2n) is 16.0. The molecule has 264 valence electrons. The van der Waals surface area contributed by atoms with Gasteiger partial charge in [0.15, 0.2) is 0 Å². The average Bonchev–Trinajstić information content (AvgIpc) is 3.95. The van der Waals surface area contributed by atoms with Gasteiger partial charge in [-0.3, -0.25) is 0 Å². The third-order valence-electron chi connectivity index (χ3n) is 13.6. The molecule has 0 aromatic heterocycles. The fraction of sp³-hybridized carbons (Fsp3) is 0.0357. The maximum atomic E-state index is 7.26. The molecular weight excluding hydrogens is 708 g/mol. The summed E-state index contributed by atoms with van der Waals surface area (Å²) in [6, 6.07) is 74.6. The van der Waals surface area contributed by atoms with Gasteiger partial charge in [-0.15, -0.1) is 0 Å². The van der Waals surface area contributed by atoms with Gasteiger partial charge in [-0.1, -0.05) is 194 Å². The van der Waals surface area contributed by atoms with E-state index in [4.69, 9.17) is 11.6 Å². The number of benzene rings is 9. The maximum absolute atomic E-state index is 7.26. The lowest BCUT2D eigenvalue weighted by molar-refractivity contribution is 0.794. The van der Waals surface area contributed by atoms with E-state index in [2.05, 4.69) is 200 Å². The predicted molar refractivity (Wildman–Crippen MR) is 235 cm³/mol. The van der Waals surface area contributed by atoms with E-state index in [0.717, 1.165) is 16.1 Å². The molecule has 0 bridgehead atoms. The van der Waals surface area contributed by atoms with Crippen molar-refractivity contribution in [3.63, 3.8) is 0 Å². The smallest absolute Gasteiger partial charge is 0.0725 e. The molecule has 1 heteroatoms. The Morgan fingerprint density at radius 3 is 0.860 bits per heavy atom. The fourth-order valence-electron chi connectivity index (χ4n) is 11.7. The van der Waals surface area contributed by atoms with Crippen LogP contribution >= 0.6 is 11.6 Å². The summed E-state index contributed by atoms with van der Waals surface area (Å²) >= 11 is 7.26. The molecule has 0 atom stereocenters. The van der Waals surface area contributed by atoms with E-state index >= 15 is 0 Å². The molecule has 0 aliphatic heterocycles. The van der Waals surface area contributed by atoms with Crippen molar-refractivity contribution in [2.24, 2.45) is 0 Å². The van der Waals surface area contributed by atoms with E-state index in [0.29, 0.717) is 0 Å². The Labute approximate surface area is 337 Å². The Morgan fingerprint density at radius 1 is 0.246 bits per heavy atom. The summed E-state index contributed by atoms with van der Waals surface area (Å²) in [6.45, 7) is 0. The number of halogens is 1. The zero-order valence-electron chi connectivity index (χ0n) is 30.9. The molecule has 9 aromatic carbocycles. The van der Waals surface area contributed by atoms with E-state index in [1.165, 1.54) is 100 Å². The number of hydrogen-bond acceptors (Lipinski definition) is 0. The molecule has 57 heavy (non-hydrogen) atoms. The van der Waals surface area contributed by atoms with Crippen LogP contribution in [0.1, 0.15) is 44.5 Å². The van der Waals surface area contributed by atoms with Gasteiger partial charge in [0.2, 0.25) is 0 Å². The molecule has 0 saturated carbocycles. The van der Waals surface area contributed by atoms with E-state index in [9.17, 15) is 0 Å². The molecule has 4 aliphatic carbocycles. The van der Waals surface area contributed by atoms with Crippen molar-refractivity contribution < 1.29 is 0 Å². The first-order valence-corrected chi connectivity index (χ1v) is 20.3. The number of rotatable bonds is 2. The number of hydrogen-bond donors (Lipinski definition) is 0. The second-order valence-corrected chi connectivity index (χ2v) is 16.4. The van der Waals surface area contributed by atoms with E-state index < -0.39 is 10.8 Å². The SMILES string of the molecule is Clc1cc(-c2cccc3c2-c2ccccc2C32c3ccccc3-c3ccccc32)cc(-c2cccc3c2-c2ccccc2C32c3ccccc3-c3ccccc32)c1. The van der Waals surface area contributed by atoms with Crippen LogP contribution in [0.5, 0.6) is 0 Å². The summed E-state index contributed by atoms with van der Waals surface area (Å²) in [4.78, 5) is 0. The van der Waals surface area contributed by atoms with Gasteiger partial charge < -0.3 is 0 Å². The maximum Gasteiger partial charge on any atom is 0.0725 e. The largest absolute Gasteiger partial charge is 0.0843 e. The molecular formula is C56H33Cl. The first-order valence-electron chi connectivity index (χ1n) is 19.9. The van der Waals surface area contributed by atoms with Gasteiger partial charge in [-0.25, -0.2) is 0 Å². The molecule has 0 nitrogen and oxygen atoms in total. The van der Waals surface area contributed by atoms with Crippen LogP contribution in [0.2, 0.25) is 5.02 Å². The van der Waals surface area contributed by atoms with Crippen LogP contribution in [0.3, 0.4) is 0 Å². The Bertz CT molecular complexity index is 2910. The third-order valence-corrected chi connectivity index (χ3v) is 13.8. The molecule has 0 amide bonds. The van der Waals surface area contributed by atoms with Crippen molar-refractivity contribution in [1.82, 2.24) is 0 Å². The summed E-state index contributed by atoms with van der Waals surface area (Å²) in [5.41, 5.74) is 25.0. The van der Waals surface area contributed by atoms with E-state index in [1.54, 1.807) is 0 Å². The molecule has 4 aliphatic rings. The van der Waals surface area contributed by atoms with Crippen LogP contribution < -0.4 is 0 Å². The molecule has 0 saturated heterocycles. The Morgan fingerprint density at radius 2 is 0.509 bits per heavy atom. The molecule has 0 N–H and O–H groups in total. The van der Waals surface area contributed by atoms with Crippen LogP contribution in [0.4, 0.5) is 0 Å². The highest BCUT2D eigenvalue weighted by Crippen LogP contribution is 2.66. The van der Waals surface area contributed by atoms with E-state index in [-0.39, 0.29) is 0 Å². The van der Waals surface area contributed by atoms with Gasteiger partial charge in [0.05, 0.1) is 10.8 Å². The summed E-state index contributed by atoms with van der Waals surface area (Å²) < 4.78 is 0. The Balaban J connectivity index is 1.06. The fourth-order valence-corrected chi connectivity index (χ4v) is 11.9. The molecule has 0 radical (unpaired) electrons. The highest BCUT2D eigenvalue weighted by molar-refractivity contribution is 6.31. The summed E-state index contributed by atoms with van der Waals surface area (Å²) in [6.07, 6.45) is 0. The summed E-state index contributed by atoms with van der Waals surface area (Å²) in [7, 11) is 0. The molecule has 0 fully saturated rings. The monoisotopic (exact) mass is 740 g/mol. The van der Waals surface area contributed by atoms with Crippen LogP contribution in [0.15, 0.2) is 200 Å². The van der Waals surface area contributed by atoms with Crippen LogP contribution in [-0.2, 0) is 10.8 Å². The number of fused-ring (bicyclic) bond motifs is 20. The van der Waals surface area contributed by atoms with Crippen molar-refractivity contribution in [3.8, 4) is 66.8 Å². The predicted octanol–water partition coefficient (Wildman–Crippen LogP) is 14.4. The van der Waals surface area contributed by atoms with Gasteiger partial charge in [-0.2, -0.15) is 0 Å². The lowest BCUT2D eigenvalue weighted by Crippen LogP contribution is -2.25. The van der Waals surface area contributed by atoms with Crippen LogP contribution in [0.25, 0.3) is 66.8 Å². The molecule has 2 spiro atoms. The first kappa shape index (κ1) is 31.5. The average molecular weight is 741 g/mol. The Kier molecular flexibility index (Phi) is 6.18. The molecule has 13 rings (SSSR count). The normalized spacial score (nSPS) is 14.7. The van der Waals surface area contributed by atoms with Gasteiger partial charge in [0, 0.05) is 5.02 Å². The quantitative estimate of drug-likeness (QED) is 0.166. The van der Waals surface area contributed by atoms with Crippen molar-refractivity contribution in [2.45, 2.75) is 10.8 Å². The van der Waals surface area contributed by atoms with Crippen LogP contribution in [-0.4, -0.2) is 0 Å². The topological polar surface area (TPSA) is 0 Å². The van der Waals surface area contributed by atoms with Crippen molar-refractivity contribution in [1.29, 1.82) is 0 Å². The van der Waals surface area contributed by atoms with E-state index in [1.807, 2.05) is 0 Å². The van der Waals surface area contributed by atoms with Crippen molar-refractivity contribution in [3.05, 3.63) is 250 Å². The minimum absolute atomic E-state index is 0.400. The third kappa shape index (κ3) is 3.75. The molecule has 9 aromatic rings. The standard InChI is InChI=1S/C56H33Cl/c57-36-32-34(37-21-13-29-51-53(37)43-19-5-11-27-49(43)55(51)45-23-7-1-15-39(45)40-16-2-8-24-46(40)55)31-35(33-36)38-22-14-30-52-54(38)44-20-6-12-28-50(44)56(52)47-25-9-3-17-41(47)42-18-4-10-26-48(42)56/h1-33H. The van der Waals surface area contributed by atoms with Crippen molar-refractivity contribution >= 4 is 11.6 Å². The van der Waals surface area contributed by atoms with Gasteiger partial charge in [0.1, 0.15) is 0 Å². The van der Waals surface area contributed by atoms with Crippen LogP contribution in [0, 0.1) is 0 Å². The lowest BCUT2D eigenvalue weighted by atomic mass is 9.70. The minimum Gasteiger partial charge on any atom is -0.0843 e. The zero-order chi connectivity index (χ0) is 37.5. The second kappa shape index (κ2) is 11.2. The highest BCUT2D eigenvalue weighted by atomic mass is 35.5. The molecule has 0 unspecified atom stereocenters. The first-order chi connectivity index (χ1) is 28.2. The Hall–Kier alpha value is -6.73. The zero-order valence-corrected chi connectivity index (χ0v) is 31.7. The van der Waals surface area contributed by atoms with Crippen molar-refractivity contribution in [2.75, 3.05) is 0 Å². The molecule has 0 heterocycles.